The summed E-state index contributed by atoms with van der Waals surface area (Å²) in [7, 11) is 1.61. The van der Waals surface area contributed by atoms with Gasteiger partial charge in [0.25, 0.3) is 0 Å². The summed E-state index contributed by atoms with van der Waals surface area (Å²) < 4.78 is 5.10. The van der Waals surface area contributed by atoms with Crippen LogP contribution in [0.25, 0.3) is 0 Å². The van der Waals surface area contributed by atoms with E-state index in [1.165, 1.54) is 12.4 Å². The van der Waals surface area contributed by atoms with Gasteiger partial charge in [-0.3, -0.25) is 4.98 Å². The molecule has 0 bridgehead atoms. The minimum absolute atomic E-state index is 0.0285. The molecule has 0 aliphatic heterocycles. The van der Waals surface area contributed by atoms with Gasteiger partial charge in [-0.15, -0.1) is 0 Å². The number of carbonyl (C=O) groups is 1. The Labute approximate surface area is 116 Å². The Kier molecular flexibility index (Phi) is 4.14. The molecular weight excluding hydrogens is 258 g/mol. The fourth-order valence-electron chi connectivity index (χ4n) is 1.74. The van der Waals surface area contributed by atoms with Crippen LogP contribution in [0.15, 0.2) is 36.7 Å². The predicted octanol–water partition coefficient (Wildman–Crippen LogP) is 2.36. The number of anilines is 1. The van der Waals surface area contributed by atoms with E-state index in [4.69, 9.17) is 9.84 Å². The number of ether oxygens (including phenoxy) is 1. The quantitative estimate of drug-likeness (QED) is 0.870. The van der Waals surface area contributed by atoms with Gasteiger partial charge in [0.1, 0.15) is 11.6 Å². The summed E-state index contributed by atoms with van der Waals surface area (Å²) in [6.45, 7) is 1.96. The largest absolute Gasteiger partial charge is 0.497 e. The number of hydrogen-bond acceptors (Lipinski definition) is 5. The van der Waals surface area contributed by atoms with Crippen molar-refractivity contribution >= 4 is 11.8 Å². The van der Waals surface area contributed by atoms with Crippen LogP contribution in [0.4, 0.5) is 5.82 Å². The molecule has 0 aliphatic carbocycles. The molecule has 1 aromatic carbocycles. The van der Waals surface area contributed by atoms with Gasteiger partial charge in [0.05, 0.1) is 19.5 Å². The van der Waals surface area contributed by atoms with Crippen LogP contribution in [0.1, 0.15) is 29.0 Å². The second-order valence-electron chi connectivity index (χ2n) is 4.23. The number of aromatic carboxylic acids is 1. The van der Waals surface area contributed by atoms with E-state index in [1.807, 2.05) is 31.2 Å². The van der Waals surface area contributed by atoms with Crippen LogP contribution >= 0.6 is 0 Å². The molecule has 2 aromatic rings. The van der Waals surface area contributed by atoms with Crippen molar-refractivity contribution in [3.8, 4) is 5.75 Å². The number of hydrogen-bond donors (Lipinski definition) is 2. The van der Waals surface area contributed by atoms with Crippen molar-refractivity contribution in [2.75, 3.05) is 12.4 Å². The summed E-state index contributed by atoms with van der Waals surface area (Å²) in [5.41, 5.74) is 0.949. The topological polar surface area (TPSA) is 84.3 Å². The highest BCUT2D eigenvalue weighted by Crippen LogP contribution is 2.20. The van der Waals surface area contributed by atoms with E-state index in [-0.39, 0.29) is 11.7 Å². The summed E-state index contributed by atoms with van der Waals surface area (Å²) >= 11 is 0. The third kappa shape index (κ3) is 3.23. The molecule has 1 unspecified atom stereocenters. The lowest BCUT2D eigenvalue weighted by Crippen LogP contribution is -2.10. The first-order valence-electron chi connectivity index (χ1n) is 6.06. The average molecular weight is 273 g/mol. The number of benzene rings is 1. The van der Waals surface area contributed by atoms with Gasteiger partial charge in [-0.05, 0) is 24.6 Å². The summed E-state index contributed by atoms with van der Waals surface area (Å²) in [6.07, 6.45) is 2.71. The Bertz CT molecular complexity index is 599. The van der Waals surface area contributed by atoms with Crippen molar-refractivity contribution in [1.82, 2.24) is 9.97 Å². The van der Waals surface area contributed by atoms with Crippen molar-refractivity contribution in [2.45, 2.75) is 13.0 Å². The highest BCUT2D eigenvalue weighted by Gasteiger charge is 2.09. The number of nitrogens with zero attached hydrogens (tertiary/aromatic N) is 2. The standard InChI is InChI=1S/C14H15N3O3/c1-9(10-3-5-11(20-2)6-4-10)16-13-8-15-7-12(17-13)14(18)19/h3-9H,1-2H3,(H,16,17)(H,18,19). The van der Waals surface area contributed by atoms with Crippen molar-refractivity contribution in [2.24, 2.45) is 0 Å². The third-order valence-electron chi connectivity index (χ3n) is 2.83. The van der Waals surface area contributed by atoms with E-state index >= 15 is 0 Å². The van der Waals surface area contributed by atoms with Crippen LogP contribution in [-0.4, -0.2) is 28.2 Å². The Balaban J connectivity index is 2.12. The van der Waals surface area contributed by atoms with Gasteiger partial charge in [0, 0.05) is 6.04 Å². The maximum atomic E-state index is 10.8. The second-order valence-corrected chi connectivity index (χ2v) is 4.23. The predicted molar refractivity (Wildman–Crippen MR) is 74.0 cm³/mol. The number of aromatic nitrogens is 2. The molecule has 0 saturated heterocycles. The van der Waals surface area contributed by atoms with Crippen LogP contribution in [0.3, 0.4) is 0 Å². The number of nitrogens with one attached hydrogen (secondary N) is 1. The molecule has 0 saturated carbocycles. The Morgan fingerprint density at radius 2 is 2.00 bits per heavy atom. The van der Waals surface area contributed by atoms with Gasteiger partial charge in [-0.2, -0.15) is 0 Å². The van der Waals surface area contributed by atoms with E-state index in [1.54, 1.807) is 7.11 Å². The van der Waals surface area contributed by atoms with E-state index < -0.39 is 5.97 Å². The molecular formula is C14H15N3O3. The van der Waals surface area contributed by atoms with Crippen molar-refractivity contribution in [3.05, 3.63) is 47.9 Å². The van der Waals surface area contributed by atoms with Gasteiger partial charge in [0.2, 0.25) is 0 Å². The fourth-order valence-corrected chi connectivity index (χ4v) is 1.74. The molecule has 0 aliphatic rings. The zero-order chi connectivity index (χ0) is 14.5. The minimum Gasteiger partial charge on any atom is -0.497 e. The second kappa shape index (κ2) is 6.01. The van der Waals surface area contributed by atoms with Gasteiger partial charge in [0.15, 0.2) is 5.69 Å². The Morgan fingerprint density at radius 1 is 1.30 bits per heavy atom. The molecule has 1 heterocycles. The molecule has 20 heavy (non-hydrogen) atoms. The fraction of sp³-hybridized carbons (Fsp3) is 0.214. The molecule has 104 valence electrons. The molecule has 2 rings (SSSR count). The number of rotatable bonds is 5. The zero-order valence-corrected chi connectivity index (χ0v) is 11.2. The molecule has 0 amide bonds. The summed E-state index contributed by atoms with van der Waals surface area (Å²) in [5, 5.41) is 12.0. The van der Waals surface area contributed by atoms with Crippen molar-refractivity contribution in [3.63, 3.8) is 0 Å². The number of methoxy groups -OCH3 is 1. The number of carboxylic acid groups (broad SMARTS) is 1. The Morgan fingerprint density at radius 3 is 2.60 bits per heavy atom. The van der Waals surface area contributed by atoms with Crippen LogP contribution in [0, 0.1) is 0 Å². The van der Waals surface area contributed by atoms with E-state index in [0.717, 1.165) is 11.3 Å². The summed E-state index contributed by atoms with van der Waals surface area (Å²) in [4.78, 5) is 18.7. The summed E-state index contributed by atoms with van der Waals surface area (Å²) in [5.74, 6) is 0.111. The minimum atomic E-state index is -1.10. The highest BCUT2D eigenvalue weighted by atomic mass is 16.5. The molecule has 6 nitrogen and oxygen atoms in total. The molecule has 0 radical (unpaired) electrons. The van der Waals surface area contributed by atoms with E-state index in [9.17, 15) is 4.79 Å². The first-order chi connectivity index (χ1) is 9.60. The summed E-state index contributed by atoms with van der Waals surface area (Å²) in [6, 6.07) is 7.58. The van der Waals surface area contributed by atoms with Crippen LogP contribution in [-0.2, 0) is 0 Å². The lowest BCUT2D eigenvalue weighted by atomic mass is 10.1. The van der Waals surface area contributed by atoms with Crippen LogP contribution < -0.4 is 10.1 Å². The van der Waals surface area contributed by atoms with Gasteiger partial charge >= 0.3 is 5.97 Å². The van der Waals surface area contributed by atoms with E-state index in [0.29, 0.717) is 5.82 Å². The highest BCUT2D eigenvalue weighted by molar-refractivity contribution is 5.85. The Hall–Kier alpha value is -2.63. The molecule has 0 fully saturated rings. The first-order valence-corrected chi connectivity index (χ1v) is 6.06. The van der Waals surface area contributed by atoms with Crippen LogP contribution in [0.5, 0.6) is 5.75 Å². The molecule has 0 spiro atoms. The average Bonchev–Trinajstić information content (AvgIpc) is 2.47. The first kappa shape index (κ1) is 13.8. The van der Waals surface area contributed by atoms with Crippen LogP contribution in [0.2, 0.25) is 0 Å². The smallest absolute Gasteiger partial charge is 0.356 e. The van der Waals surface area contributed by atoms with Gasteiger partial charge in [-0.25, -0.2) is 9.78 Å². The zero-order valence-electron chi connectivity index (χ0n) is 11.2. The van der Waals surface area contributed by atoms with Gasteiger partial charge in [-0.1, -0.05) is 12.1 Å². The maximum absolute atomic E-state index is 10.8. The third-order valence-corrected chi connectivity index (χ3v) is 2.83. The maximum Gasteiger partial charge on any atom is 0.356 e. The molecule has 1 aromatic heterocycles. The van der Waals surface area contributed by atoms with Gasteiger partial charge < -0.3 is 15.2 Å². The molecule has 6 heteroatoms. The molecule has 2 N–H and O–H groups in total. The molecule has 1 atom stereocenters. The number of carboxylic acids is 1. The van der Waals surface area contributed by atoms with Crippen molar-refractivity contribution in [1.29, 1.82) is 0 Å². The monoisotopic (exact) mass is 273 g/mol. The normalized spacial score (nSPS) is 11.7. The SMILES string of the molecule is COc1ccc(C(C)Nc2cncc(C(=O)O)n2)cc1. The lowest BCUT2D eigenvalue weighted by Gasteiger charge is -2.15. The van der Waals surface area contributed by atoms with Crippen molar-refractivity contribution < 1.29 is 14.6 Å². The van der Waals surface area contributed by atoms with E-state index in [2.05, 4.69) is 15.3 Å². The lowest BCUT2D eigenvalue weighted by molar-refractivity contribution is 0.0690.